The molecule has 1 atom stereocenters. The minimum Gasteiger partial charge on any atom is -0.318 e. The van der Waals surface area contributed by atoms with Crippen molar-refractivity contribution in [2.24, 2.45) is 0 Å². The monoisotopic (exact) mass is 328 g/mol. The van der Waals surface area contributed by atoms with Gasteiger partial charge in [-0.15, -0.1) is 11.3 Å². The molecule has 0 bridgehead atoms. The SMILES string of the molecule is CNCC1CCCN1S(=O)(=O)c1cc(Cl)sc1Cl. The van der Waals surface area contributed by atoms with E-state index in [2.05, 4.69) is 5.32 Å². The van der Waals surface area contributed by atoms with Gasteiger partial charge in [-0.2, -0.15) is 4.31 Å². The predicted molar refractivity (Wildman–Crippen MR) is 75.2 cm³/mol. The van der Waals surface area contributed by atoms with E-state index in [0.29, 0.717) is 17.4 Å². The average Bonchev–Trinajstić information content (AvgIpc) is 2.86. The van der Waals surface area contributed by atoms with Crippen molar-refractivity contribution >= 4 is 44.6 Å². The van der Waals surface area contributed by atoms with E-state index < -0.39 is 10.0 Å². The van der Waals surface area contributed by atoms with Crippen LogP contribution >= 0.6 is 34.5 Å². The molecule has 1 fully saturated rings. The average molecular weight is 329 g/mol. The van der Waals surface area contributed by atoms with E-state index in [9.17, 15) is 8.42 Å². The fourth-order valence-electron chi connectivity index (χ4n) is 2.19. The topological polar surface area (TPSA) is 49.4 Å². The zero-order valence-electron chi connectivity index (χ0n) is 9.82. The molecule has 2 rings (SSSR count). The van der Waals surface area contributed by atoms with Crippen LogP contribution in [0.2, 0.25) is 8.67 Å². The summed E-state index contributed by atoms with van der Waals surface area (Å²) in [5.74, 6) is 0. The molecule has 1 aliphatic heterocycles. The zero-order chi connectivity index (χ0) is 13.3. The van der Waals surface area contributed by atoms with Crippen molar-refractivity contribution in [3.63, 3.8) is 0 Å². The molecule has 1 unspecified atom stereocenters. The van der Waals surface area contributed by atoms with E-state index in [0.717, 1.165) is 24.2 Å². The number of nitrogens with zero attached hydrogens (tertiary/aromatic N) is 1. The lowest BCUT2D eigenvalue weighted by Gasteiger charge is -2.23. The van der Waals surface area contributed by atoms with Crippen LogP contribution in [0.25, 0.3) is 0 Å². The number of sulfonamides is 1. The van der Waals surface area contributed by atoms with Gasteiger partial charge in [0.1, 0.15) is 9.23 Å². The Kier molecular flexibility index (Phi) is 4.57. The summed E-state index contributed by atoms with van der Waals surface area (Å²) in [4.78, 5) is 0.127. The van der Waals surface area contributed by atoms with Crippen molar-refractivity contribution in [1.82, 2.24) is 9.62 Å². The Morgan fingerprint density at radius 1 is 1.56 bits per heavy atom. The van der Waals surface area contributed by atoms with E-state index in [-0.39, 0.29) is 15.3 Å². The number of nitrogens with one attached hydrogen (secondary N) is 1. The molecule has 0 saturated carbocycles. The van der Waals surface area contributed by atoms with Crippen LogP contribution in [0.3, 0.4) is 0 Å². The summed E-state index contributed by atoms with van der Waals surface area (Å²) in [5, 5.41) is 3.02. The zero-order valence-corrected chi connectivity index (χ0v) is 13.0. The van der Waals surface area contributed by atoms with Gasteiger partial charge in [0.2, 0.25) is 10.0 Å². The lowest BCUT2D eigenvalue weighted by atomic mass is 10.2. The highest BCUT2D eigenvalue weighted by molar-refractivity contribution is 7.89. The molecule has 18 heavy (non-hydrogen) atoms. The Morgan fingerprint density at radius 2 is 2.28 bits per heavy atom. The molecule has 0 amide bonds. The Balaban J connectivity index is 2.33. The molecule has 1 saturated heterocycles. The van der Waals surface area contributed by atoms with Crippen molar-refractivity contribution < 1.29 is 8.42 Å². The van der Waals surface area contributed by atoms with Gasteiger partial charge >= 0.3 is 0 Å². The lowest BCUT2D eigenvalue weighted by molar-refractivity contribution is 0.379. The highest BCUT2D eigenvalue weighted by atomic mass is 35.5. The Hall–Kier alpha value is 0.150. The second kappa shape index (κ2) is 5.64. The third-order valence-electron chi connectivity index (χ3n) is 2.97. The Bertz CT molecular complexity index is 530. The van der Waals surface area contributed by atoms with Gasteiger partial charge in [0.15, 0.2) is 0 Å². The lowest BCUT2D eigenvalue weighted by Crippen LogP contribution is -2.40. The quantitative estimate of drug-likeness (QED) is 0.923. The minimum atomic E-state index is -3.53. The van der Waals surface area contributed by atoms with Crippen molar-refractivity contribution in [2.45, 2.75) is 23.8 Å². The molecule has 0 aliphatic carbocycles. The third-order valence-corrected chi connectivity index (χ3v) is 6.68. The number of rotatable bonds is 4. The summed E-state index contributed by atoms with van der Waals surface area (Å²) in [7, 11) is -1.72. The number of halogens is 2. The number of thiophene rings is 1. The van der Waals surface area contributed by atoms with Crippen molar-refractivity contribution in [1.29, 1.82) is 0 Å². The molecule has 2 heterocycles. The summed E-state index contributed by atoms with van der Waals surface area (Å²) < 4.78 is 27.2. The molecule has 102 valence electrons. The van der Waals surface area contributed by atoms with Crippen LogP contribution in [0.15, 0.2) is 11.0 Å². The summed E-state index contributed by atoms with van der Waals surface area (Å²) in [6.07, 6.45) is 1.75. The molecule has 1 aromatic rings. The second-order valence-corrected chi connectivity index (χ2v) is 8.30. The Morgan fingerprint density at radius 3 is 2.83 bits per heavy atom. The maximum absolute atomic E-state index is 12.5. The summed E-state index contributed by atoms with van der Waals surface area (Å²) in [5.41, 5.74) is 0. The maximum atomic E-state index is 12.5. The van der Waals surface area contributed by atoms with Gasteiger partial charge in [0.25, 0.3) is 0 Å². The van der Waals surface area contributed by atoms with E-state index in [1.807, 2.05) is 7.05 Å². The fraction of sp³-hybridized carbons (Fsp3) is 0.600. The van der Waals surface area contributed by atoms with Crippen LogP contribution in [0.5, 0.6) is 0 Å². The molecule has 1 aromatic heterocycles. The van der Waals surface area contributed by atoms with Crippen LogP contribution in [-0.4, -0.2) is 38.9 Å². The standard InChI is InChI=1S/C10H14Cl2N2O2S2/c1-13-6-7-3-2-4-14(7)18(15,16)8-5-9(11)17-10(8)12/h5,7,13H,2-4,6H2,1H3. The van der Waals surface area contributed by atoms with E-state index in [1.54, 1.807) is 0 Å². The molecule has 0 radical (unpaired) electrons. The van der Waals surface area contributed by atoms with Gasteiger partial charge < -0.3 is 5.32 Å². The summed E-state index contributed by atoms with van der Waals surface area (Å²) >= 11 is 12.8. The maximum Gasteiger partial charge on any atom is 0.245 e. The first-order valence-electron chi connectivity index (χ1n) is 5.58. The van der Waals surface area contributed by atoms with Gasteiger partial charge in [-0.1, -0.05) is 23.2 Å². The predicted octanol–water partition coefficient (Wildman–Crippen LogP) is 2.43. The summed E-state index contributed by atoms with van der Waals surface area (Å²) in [6.45, 7) is 1.19. The smallest absolute Gasteiger partial charge is 0.245 e. The second-order valence-electron chi connectivity index (χ2n) is 4.16. The van der Waals surface area contributed by atoms with E-state index in [4.69, 9.17) is 23.2 Å². The van der Waals surface area contributed by atoms with Crippen LogP contribution in [-0.2, 0) is 10.0 Å². The number of hydrogen-bond donors (Lipinski definition) is 1. The van der Waals surface area contributed by atoms with E-state index >= 15 is 0 Å². The van der Waals surface area contributed by atoms with Gasteiger partial charge in [-0.25, -0.2) is 8.42 Å². The van der Waals surface area contributed by atoms with Crippen molar-refractivity contribution in [3.8, 4) is 0 Å². The van der Waals surface area contributed by atoms with Gasteiger partial charge in [-0.3, -0.25) is 0 Å². The first-order valence-corrected chi connectivity index (χ1v) is 8.59. The van der Waals surface area contributed by atoms with Crippen LogP contribution in [0.4, 0.5) is 0 Å². The molecule has 8 heteroatoms. The van der Waals surface area contributed by atoms with Crippen molar-refractivity contribution in [2.75, 3.05) is 20.1 Å². The first kappa shape index (κ1) is 14.6. The van der Waals surface area contributed by atoms with Crippen LogP contribution in [0.1, 0.15) is 12.8 Å². The van der Waals surface area contributed by atoms with Gasteiger partial charge in [0.05, 0.1) is 4.34 Å². The normalized spacial score (nSPS) is 21.6. The largest absolute Gasteiger partial charge is 0.318 e. The minimum absolute atomic E-state index is 0.00487. The van der Waals surface area contributed by atoms with Gasteiger partial charge in [-0.05, 0) is 26.0 Å². The molecule has 0 spiro atoms. The third kappa shape index (κ3) is 2.69. The molecule has 4 nitrogen and oxygen atoms in total. The molecule has 0 aromatic carbocycles. The van der Waals surface area contributed by atoms with Crippen molar-refractivity contribution in [3.05, 3.63) is 14.7 Å². The van der Waals surface area contributed by atoms with E-state index in [1.165, 1.54) is 10.4 Å². The van der Waals surface area contributed by atoms with Gasteiger partial charge in [0, 0.05) is 19.1 Å². The fourth-order valence-corrected chi connectivity index (χ4v) is 6.00. The molecule has 1 aliphatic rings. The highest BCUT2D eigenvalue weighted by Crippen LogP contribution is 2.37. The number of likely N-dealkylation sites (N-methyl/N-ethyl adjacent to an activating group) is 1. The first-order chi connectivity index (χ1) is 8.46. The number of hydrogen-bond acceptors (Lipinski definition) is 4. The highest BCUT2D eigenvalue weighted by Gasteiger charge is 2.36. The molecular weight excluding hydrogens is 315 g/mol. The summed E-state index contributed by atoms with van der Waals surface area (Å²) in [6, 6.07) is 1.42. The van der Waals surface area contributed by atoms with Crippen LogP contribution in [0, 0.1) is 0 Å². The van der Waals surface area contributed by atoms with Crippen LogP contribution < -0.4 is 5.32 Å². The Labute approximate surface area is 121 Å². The molecular formula is C10H14Cl2N2O2S2. The molecule has 1 N–H and O–H groups in total.